The number of rotatable bonds is 7. The highest BCUT2D eigenvalue weighted by atomic mass is 19.1. The average molecular weight is 395 g/mol. The largest absolute Gasteiger partial charge is 0.497 e. The first kappa shape index (κ1) is 19.9. The second-order valence-corrected chi connectivity index (χ2v) is 6.50. The number of halogens is 1. The van der Waals surface area contributed by atoms with Crippen LogP contribution in [0.25, 0.3) is 0 Å². The number of para-hydroxylation sites is 1. The van der Waals surface area contributed by atoms with Gasteiger partial charge in [0.1, 0.15) is 11.6 Å². The summed E-state index contributed by atoms with van der Waals surface area (Å²) in [6.45, 7) is 2.17. The summed E-state index contributed by atoms with van der Waals surface area (Å²) in [5.74, 6) is -0.748. The van der Waals surface area contributed by atoms with Gasteiger partial charge in [-0.05, 0) is 42.3 Å². The van der Waals surface area contributed by atoms with E-state index in [2.05, 4.69) is 15.6 Å². The van der Waals surface area contributed by atoms with E-state index in [4.69, 9.17) is 16.2 Å². The Bertz CT molecular complexity index is 1060. The second-order valence-electron chi connectivity index (χ2n) is 6.50. The van der Waals surface area contributed by atoms with Gasteiger partial charge in [0.2, 0.25) is 0 Å². The highest BCUT2D eigenvalue weighted by Gasteiger charge is 2.16. The van der Waals surface area contributed by atoms with E-state index in [9.17, 15) is 9.18 Å². The predicted octanol–water partition coefficient (Wildman–Crippen LogP) is 3.57. The lowest BCUT2D eigenvalue weighted by molar-refractivity contribution is 0.100. The Kier molecular flexibility index (Phi) is 5.82. The molecule has 0 fully saturated rings. The van der Waals surface area contributed by atoms with Gasteiger partial charge in [0.05, 0.1) is 12.7 Å². The summed E-state index contributed by atoms with van der Waals surface area (Å²) < 4.78 is 19.8. The highest BCUT2D eigenvalue weighted by molar-refractivity contribution is 5.98. The highest BCUT2D eigenvalue weighted by Crippen LogP contribution is 2.27. The molecule has 3 rings (SSSR count). The van der Waals surface area contributed by atoms with Gasteiger partial charge in [-0.15, -0.1) is 0 Å². The molecular formula is C21H22FN5O2. The summed E-state index contributed by atoms with van der Waals surface area (Å²) in [4.78, 5) is 16.0. The van der Waals surface area contributed by atoms with Crippen molar-refractivity contribution in [2.75, 3.05) is 23.5 Å². The Morgan fingerprint density at radius 3 is 2.62 bits per heavy atom. The molecule has 0 saturated carbocycles. The summed E-state index contributed by atoms with van der Waals surface area (Å²) in [7, 11) is 1.56. The molecule has 0 radical (unpaired) electrons. The molecule has 0 spiro atoms. The number of primary amides is 1. The number of carbonyl (C=O) groups is 1. The molecule has 150 valence electrons. The van der Waals surface area contributed by atoms with Crippen LogP contribution in [0.15, 0.2) is 48.5 Å². The molecule has 29 heavy (non-hydrogen) atoms. The molecule has 7 nitrogen and oxygen atoms in total. The van der Waals surface area contributed by atoms with Gasteiger partial charge >= 0.3 is 0 Å². The van der Waals surface area contributed by atoms with E-state index in [1.54, 1.807) is 19.2 Å². The number of hydrogen-bond acceptors (Lipinski definition) is 6. The van der Waals surface area contributed by atoms with Crippen molar-refractivity contribution in [3.05, 3.63) is 71.0 Å². The maximum Gasteiger partial charge on any atom is 0.252 e. The normalized spacial score (nSPS) is 10.4. The number of pyridine rings is 1. The van der Waals surface area contributed by atoms with Crippen LogP contribution in [0, 0.1) is 12.7 Å². The van der Waals surface area contributed by atoms with Crippen molar-refractivity contribution in [1.82, 2.24) is 4.98 Å². The summed E-state index contributed by atoms with van der Waals surface area (Å²) in [5.41, 5.74) is 14.2. The predicted molar refractivity (Wildman–Crippen MR) is 112 cm³/mol. The maximum atomic E-state index is 14.5. The molecule has 1 amide bonds. The van der Waals surface area contributed by atoms with Gasteiger partial charge in [0, 0.05) is 24.0 Å². The zero-order chi connectivity index (χ0) is 21.0. The fraction of sp³-hybridized carbons (Fsp3) is 0.143. The third-order valence-corrected chi connectivity index (χ3v) is 4.29. The van der Waals surface area contributed by atoms with Crippen LogP contribution in [0.1, 0.15) is 21.5 Å². The van der Waals surface area contributed by atoms with Gasteiger partial charge in [-0.25, -0.2) is 9.37 Å². The van der Waals surface area contributed by atoms with Gasteiger partial charge in [-0.1, -0.05) is 18.2 Å². The Labute approximate surface area is 167 Å². The van der Waals surface area contributed by atoms with E-state index in [1.165, 1.54) is 0 Å². The van der Waals surface area contributed by atoms with E-state index in [1.807, 2.05) is 37.3 Å². The lowest BCUT2D eigenvalue weighted by Gasteiger charge is -2.15. The van der Waals surface area contributed by atoms with E-state index in [-0.39, 0.29) is 23.7 Å². The molecule has 1 aromatic heterocycles. The number of hydrogen-bond donors (Lipinski definition) is 4. The smallest absolute Gasteiger partial charge is 0.252 e. The third-order valence-electron chi connectivity index (χ3n) is 4.29. The van der Waals surface area contributed by atoms with Crippen molar-refractivity contribution >= 4 is 28.9 Å². The molecule has 3 aromatic rings. The van der Waals surface area contributed by atoms with Crippen molar-refractivity contribution in [2.45, 2.75) is 13.5 Å². The quantitative estimate of drug-likeness (QED) is 0.455. The molecule has 2 aromatic carbocycles. The van der Waals surface area contributed by atoms with E-state index < -0.39 is 11.7 Å². The first-order valence-electron chi connectivity index (χ1n) is 8.87. The minimum atomic E-state index is -0.794. The van der Waals surface area contributed by atoms with Crippen molar-refractivity contribution in [1.29, 1.82) is 0 Å². The van der Waals surface area contributed by atoms with Gasteiger partial charge in [-0.2, -0.15) is 0 Å². The van der Waals surface area contributed by atoms with Crippen LogP contribution in [0.5, 0.6) is 5.75 Å². The molecule has 1 heterocycles. The van der Waals surface area contributed by atoms with Crippen LogP contribution in [-0.4, -0.2) is 18.0 Å². The molecule has 8 heteroatoms. The van der Waals surface area contributed by atoms with Crippen molar-refractivity contribution in [3.63, 3.8) is 0 Å². The average Bonchev–Trinajstić information content (AvgIpc) is 2.68. The summed E-state index contributed by atoms with van der Waals surface area (Å²) in [6.07, 6.45) is 0. The SMILES string of the molecule is COc1cc(C)cc(Nc2nc(NCc3ccccc3N)c(F)cc2C(N)=O)c1. The van der Waals surface area contributed by atoms with E-state index >= 15 is 0 Å². The zero-order valence-corrected chi connectivity index (χ0v) is 16.1. The van der Waals surface area contributed by atoms with Gasteiger partial charge in [0.15, 0.2) is 11.6 Å². The lowest BCUT2D eigenvalue weighted by Crippen LogP contribution is -2.16. The lowest BCUT2D eigenvalue weighted by atomic mass is 10.1. The number of nitrogen functional groups attached to an aromatic ring is 1. The van der Waals surface area contributed by atoms with Crippen LogP contribution in [0.2, 0.25) is 0 Å². The Morgan fingerprint density at radius 1 is 1.17 bits per heavy atom. The Balaban J connectivity index is 1.93. The number of methoxy groups -OCH3 is 1. The molecule has 0 aliphatic heterocycles. The zero-order valence-electron chi connectivity index (χ0n) is 16.1. The number of aromatic nitrogens is 1. The summed E-state index contributed by atoms with van der Waals surface area (Å²) in [5, 5.41) is 5.94. The molecule has 0 unspecified atom stereocenters. The Hall–Kier alpha value is -3.81. The van der Waals surface area contributed by atoms with Crippen LogP contribution in [0.4, 0.5) is 27.4 Å². The number of benzene rings is 2. The van der Waals surface area contributed by atoms with Crippen molar-refractivity contribution < 1.29 is 13.9 Å². The standard InChI is InChI=1S/C21H22FN5O2/c1-12-7-14(9-15(8-12)29-2)26-20-16(19(24)28)10-17(22)21(27-20)25-11-13-5-3-4-6-18(13)23/h3-10H,11,23H2,1-2H3,(H2,24,28)(H2,25,26,27). The van der Waals surface area contributed by atoms with Crippen LogP contribution < -0.4 is 26.8 Å². The topological polar surface area (TPSA) is 115 Å². The molecule has 0 aliphatic rings. The molecule has 0 bridgehead atoms. The first-order valence-corrected chi connectivity index (χ1v) is 8.87. The van der Waals surface area contributed by atoms with E-state index in [0.29, 0.717) is 17.1 Å². The minimum absolute atomic E-state index is 0.0274. The molecular weight excluding hydrogens is 373 g/mol. The van der Waals surface area contributed by atoms with Crippen molar-refractivity contribution in [3.8, 4) is 5.75 Å². The number of nitrogens with two attached hydrogens (primary N) is 2. The molecule has 0 saturated heterocycles. The van der Waals surface area contributed by atoms with Crippen LogP contribution in [0.3, 0.4) is 0 Å². The summed E-state index contributed by atoms with van der Waals surface area (Å²) >= 11 is 0. The maximum absolute atomic E-state index is 14.5. The minimum Gasteiger partial charge on any atom is -0.497 e. The fourth-order valence-corrected chi connectivity index (χ4v) is 2.84. The van der Waals surface area contributed by atoms with Crippen molar-refractivity contribution in [2.24, 2.45) is 5.73 Å². The van der Waals surface area contributed by atoms with Gasteiger partial charge in [0.25, 0.3) is 5.91 Å². The van der Waals surface area contributed by atoms with Crippen LogP contribution >= 0.6 is 0 Å². The Morgan fingerprint density at radius 2 is 1.93 bits per heavy atom. The number of amides is 1. The first-order chi connectivity index (χ1) is 13.9. The monoisotopic (exact) mass is 395 g/mol. The molecule has 0 atom stereocenters. The fourth-order valence-electron chi connectivity index (χ4n) is 2.84. The number of nitrogens with zero attached hydrogens (tertiary/aromatic N) is 1. The molecule has 6 N–H and O–H groups in total. The van der Waals surface area contributed by atoms with Gasteiger partial charge < -0.3 is 26.8 Å². The number of aryl methyl sites for hydroxylation is 1. The number of ether oxygens (including phenoxy) is 1. The van der Waals surface area contributed by atoms with Crippen LogP contribution in [-0.2, 0) is 6.54 Å². The number of carbonyl (C=O) groups excluding carboxylic acids is 1. The number of nitrogens with one attached hydrogen (secondary N) is 2. The molecule has 0 aliphatic carbocycles. The van der Waals surface area contributed by atoms with E-state index in [0.717, 1.165) is 17.2 Å². The summed E-state index contributed by atoms with van der Waals surface area (Å²) in [6, 6.07) is 13.7. The second kappa shape index (κ2) is 8.47. The third kappa shape index (κ3) is 4.73. The van der Waals surface area contributed by atoms with Gasteiger partial charge in [-0.3, -0.25) is 4.79 Å². The number of anilines is 4.